The van der Waals surface area contributed by atoms with Gasteiger partial charge in [-0.2, -0.15) is 0 Å². The van der Waals surface area contributed by atoms with E-state index in [0.717, 1.165) is 12.8 Å². The molecule has 0 amide bonds. The maximum atomic E-state index is 2.40. The van der Waals surface area contributed by atoms with Crippen molar-refractivity contribution in [2.24, 2.45) is 0 Å². The molecule has 39 heavy (non-hydrogen) atoms. The van der Waals surface area contributed by atoms with Crippen LogP contribution in [0.25, 0.3) is 42.4 Å². The molecule has 1 heteroatoms. The SMILES string of the molecule is c1ccc(Cc2ccccc2-c2ccc3sc4ccc(-c5ccccc5Cc5ccccc5)cc4c3c2)cc1. The Labute approximate surface area is 233 Å². The van der Waals surface area contributed by atoms with Crippen molar-refractivity contribution in [3.05, 3.63) is 168 Å². The smallest absolute Gasteiger partial charge is 0.0355 e. The van der Waals surface area contributed by atoms with Crippen molar-refractivity contribution in [1.82, 2.24) is 0 Å². The molecule has 186 valence electrons. The van der Waals surface area contributed by atoms with Crippen LogP contribution in [-0.2, 0) is 12.8 Å². The van der Waals surface area contributed by atoms with Crippen LogP contribution in [0.3, 0.4) is 0 Å². The Morgan fingerprint density at radius 2 is 0.795 bits per heavy atom. The molecule has 1 heterocycles. The molecule has 0 aliphatic rings. The van der Waals surface area contributed by atoms with Crippen molar-refractivity contribution in [1.29, 1.82) is 0 Å². The van der Waals surface area contributed by atoms with Gasteiger partial charge < -0.3 is 0 Å². The standard InChI is InChI=1S/C38H28S/c1-3-11-27(12-4-1)23-29-15-7-9-17-33(29)31-19-21-37-35(25-31)36-26-32(20-22-38(36)39-37)34-18-10-8-16-30(34)24-28-13-5-2-6-14-28/h1-22,25-26H,23-24H2. The molecule has 6 aromatic carbocycles. The third-order valence-corrected chi connectivity index (χ3v) is 8.75. The molecule has 0 saturated carbocycles. The summed E-state index contributed by atoms with van der Waals surface area (Å²) in [4.78, 5) is 0. The third-order valence-electron chi connectivity index (χ3n) is 7.60. The first-order chi connectivity index (χ1) is 19.3. The average Bonchev–Trinajstić information content (AvgIpc) is 3.36. The molecule has 0 spiro atoms. The summed E-state index contributed by atoms with van der Waals surface area (Å²) >= 11 is 1.88. The minimum Gasteiger partial charge on any atom is -0.135 e. The van der Waals surface area contributed by atoms with Gasteiger partial charge in [0.25, 0.3) is 0 Å². The summed E-state index contributed by atoms with van der Waals surface area (Å²) in [5, 5.41) is 2.67. The number of thiophene rings is 1. The second-order valence-electron chi connectivity index (χ2n) is 10.2. The van der Waals surface area contributed by atoms with Gasteiger partial charge in [-0.05, 0) is 81.6 Å². The normalized spacial score (nSPS) is 11.3. The van der Waals surface area contributed by atoms with Crippen molar-refractivity contribution < 1.29 is 0 Å². The second-order valence-corrected chi connectivity index (χ2v) is 11.2. The maximum absolute atomic E-state index is 2.40. The largest absolute Gasteiger partial charge is 0.135 e. The number of hydrogen-bond donors (Lipinski definition) is 0. The summed E-state index contributed by atoms with van der Waals surface area (Å²) in [6.07, 6.45) is 1.86. The van der Waals surface area contributed by atoms with E-state index < -0.39 is 0 Å². The van der Waals surface area contributed by atoms with E-state index in [1.165, 1.54) is 64.7 Å². The quantitative estimate of drug-likeness (QED) is 0.206. The molecule has 0 radical (unpaired) electrons. The highest BCUT2D eigenvalue weighted by Crippen LogP contribution is 2.39. The van der Waals surface area contributed by atoms with Crippen LogP contribution >= 0.6 is 11.3 Å². The van der Waals surface area contributed by atoms with Crippen molar-refractivity contribution in [2.45, 2.75) is 12.8 Å². The van der Waals surface area contributed by atoms with E-state index in [4.69, 9.17) is 0 Å². The van der Waals surface area contributed by atoms with Crippen molar-refractivity contribution >= 4 is 31.5 Å². The molecule has 0 N–H and O–H groups in total. The molecule has 0 nitrogen and oxygen atoms in total. The van der Waals surface area contributed by atoms with Crippen molar-refractivity contribution in [3.63, 3.8) is 0 Å². The van der Waals surface area contributed by atoms with Crippen molar-refractivity contribution in [3.8, 4) is 22.3 Å². The highest BCUT2D eigenvalue weighted by molar-refractivity contribution is 7.25. The van der Waals surface area contributed by atoms with Crippen LogP contribution in [-0.4, -0.2) is 0 Å². The summed E-state index contributed by atoms with van der Waals surface area (Å²) in [7, 11) is 0. The van der Waals surface area contributed by atoms with Crippen LogP contribution < -0.4 is 0 Å². The molecule has 7 rings (SSSR count). The molecule has 1 aromatic heterocycles. The number of hydrogen-bond acceptors (Lipinski definition) is 1. The first kappa shape index (κ1) is 23.6. The van der Waals surface area contributed by atoms with Crippen LogP contribution in [0.4, 0.5) is 0 Å². The lowest BCUT2D eigenvalue weighted by molar-refractivity contribution is 1.20. The molecular weight excluding hydrogens is 488 g/mol. The fourth-order valence-corrected chi connectivity index (χ4v) is 6.72. The highest BCUT2D eigenvalue weighted by atomic mass is 32.1. The molecule has 0 saturated heterocycles. The minimum atomic E-state index is 0.932. The van der Waals surface area contributed by atoms with Crippen LogP contribution in [0.15, 0.2) is 146 Å². The van der Waals surface area contributed by atoms with Crippen LogP contribution in [0, 0.1) is 0 Å². The first-order valence-corrected chi connectivity index (χ1v) is 14.3. The lowest BCUT2D eigenvalue weighted by Crippen LogP contribution is -1.92. The molecule has 7 aromatic rings. The Kier molecular flexibility index (Phi) is 6.28. The van der Waals surface area contributed by atoms with Gasteiger partial charge >= 0.3 is 0 Å². The fraction of sp³-hybridized carbons (Fsp3) is 0.0526. The molecule has 0 unspecified atom stereocenters. The molecule has 0 aliphatic heterocycles. The second kappa shape index (κ2) is 10.4. The predicted octanol–water partition coefficient (Wildman–Crippen LogP) is 10.6. The van der Waals surface area contributed by atoms with Gasteiger partial charge in [0.2, 0.25) is 0 Å². The van der Waals surface area contributed by atoms with Gasteiger partial charge in [-0.15, -0.1) is 11.3 Å². The Bertz CT molecular complexity index is 1760. The Morgan fingerprint density at radius 3 is 1.26 bits per heavy atom. The highest BCUT2D eigenvalue weighted by Gasteiger charge is 2.12. The summed E-state index contributed by atoms with van der Waals surface area (Å²) in [5.41, 5.74) is 10.6. The molecule has 0 fully saturated rings. The predicted molar refractivity (Wildman–Crippen MR) is 169 cm³/mol. The van der Waals surface area contributed by atoms with E-state index in [1.54, 1.807) is 0 Å². The number of fused-ring (bicyclic) bond motifs is 3. The van der Waals surface area contributed by atoms with Crippen molar-refractivity contribution in [2.75, 3.05) is 0 Å². The van der Waals surface area contributed by atoms with Gasteiger partial charge in [0, 0.05) is 20.2 Å². The third kappa shape index (κ3) is 4.78. The molecule has 0 aliphatic carbocycles. The Balaban J connectivity index is 1.31. The van der Waals surface area contributed by atoms with Crippen LogP contribution in [0.2, 0.25) is 0 Å². The minimum absolute atomic E-state index is 0.932. The van der Waals surface area contributed by atoms with Gasteiger partial charge in [0.05, 0.1) is 0 Å². The van der Waals surface area contributed by atoms with E-state index in [-0.39, 0.29) is 0 Å². The van der Waals surface area contributed by atoms with Gasteiger partial charge in [-0.25, -0.2) is 0 Å². The van der Waals surface area contributed by atoms with Crippen LogP contribution in [0.5, 0.6) is 0 Å². The summed E-state index contributed by atoms with van der Waals surface area (Å²) < 4.78 is 2.67. The zero-order valence-electron chi connectivity index (χ0n) is 21.7. The number of benzene rings is 6. The summed E-state index contributed by atoms with van der Waals surface area (Å²) in [6, 6.07) is 53.2. The average molecular weight is 517 g/mol. The topological polar surface area (TPSA) is 0 Å². The lowest BCUT2D eigenvalue weighted by Gasteiger charge is -2.11. The van der Waals surface area contributed by atoms with E-state index in [0.29, 0.717) is 0 Å². The van der Waals surface area contributed by atoms with E-state index in [2.05, 4.69) is 146 Å². The van der Waals surface area contributed by atoms with E-state index in [1.807, 2.05) is 11.3 Å². The zero-order chi connectivity index (χ0) is 26.0. The zero-order valence-corrected chi connectivity index (χ0v) is 22.5. The van der Waals surface area contributed by atoms with Crippen LogP contribution in [0.1, 0.15) is 22.3 Å². The molecule has 0 atom stereocenters. The van der Waals surface area contributed by atoms with Gasteiger partial charge in [0.15, 0.2) is 0 Å². The van der Waals surface area contributed by atoms with E-state index >= 15 is 0 Å². The molecule has 0 bridgehead atoms. The molecular formula is C38H28S. The lowest BCUT2D eigenvalue weighted by atomic mass is 9.93. The number of rotatable bonds is 6. The fourth-order valence-electron chi connectivity index (χ4n) is 5.66. The summed E-state index contributed by atoms with van der Waals surface area (Å²) in [5.74, 6) is 0. The van der Waals surface area contributed by atoms with Gasteiger partial charge in [0.1, 0.15) is 0 Å². The first-order valence-electron chi connectivity index (χ1n) is 13.5. The van der Waals surface area contributed by atoms with E-state index in [9.17, 15) is 0 Å². The van der Waals surface area contributed by atoms with Gasteiger partial charge in [-0.1, -0.05) is 121 Å². The Morgan fingerprint density at radius 1 is 0.385 bits per heavy atom. The van der Waals surface area contributed by atoms with Gasteiger partial charge in [-0.3, -0.25) is 0 Å². The summed E-state index contributed by atoms with van der Waals surface area (Å²) in [6.45, 7) is 0. The monoisotopic (exact) mass is 516 g/mol. The maximum Gasteiger partial charge on any atom is 0.0355 e. The Hall–Kier alpha value is -4.46.